The van der Waals surface area contributed by atoms with Gasteiger partial charge in [-0.25, -0.2) is 0 Å². The number of benzene rings is 2. The molecule has 0 N–H and O–H groups in total. The van der Waals surface area contributed by atoms with Crippen LogP contribution in [-0.4, -0.2) is 37.1 Å². The molecular formula is C21H22N2O4. The Morgan fingerprint density at radius 2 is 1.70 bits per heavy atom. The Bertz CT molecular complexity index is 893. The molecule has 2 aliphatic rings. The van der Waals surface area contributed by atoms with Crippen LogP contribution in [0.4, 0.5) is 11.4 Å². The van der Waals surface area contributed by atoms with Crippen LogP contribution in [0.3, 0.4) is 0 Å². The molecule has 2 heterocycles. The van der Waals surface area contributed by atoms with Gasteiger partial charge >= 0.3 is 0 Å². The van der Waals surface area contributed by atoms with E-state index in [9.17, 15) is 9.59 Å². The summed E-state index contributed by atoms with van der Waals surface area (Å²) in [7, 11) is 0. The van der Waals surface area contributed by atoms with Gasteiger partial charge in [0.1, 0.15) is 18.1 Å². The molecule has 6 nitrogen and oxygen atoms in total. The van der Waals surface area contributed by atoms with Gasteiger partial charge in [0.25, 0.3) is 5.91 Å². The second-order valence-corrected chi connectivity index (χ2v) is 7.15. The molecule has 2 aliphatic heterocycles. The molecule has 0 aromatic heterocycles. The van der Waals surface area contributed by atoms with E-state index in [1.54, 1.807) is 23.6 Å². The van der Waals surface area contributed by atoms with Crippen LogP contribution in [0.5, 0.6) is 11.5 Å². The molecule has 0 aliphatic carbocycles. The predicted molar refractivity (Wildman–Crippen MR) is 102 cm³/mol. The highest BCUT2D eigenvalue weighted by Gasteiger charge is 2.40. The summed E-state index contributed by atoms with van der Waals surface area (Å²) in [5.41, 5.74) is 0.531. The van der Waals surface area contributed by atoms with E-state index in [2.05, 4.69) is 0 Å². The Hall–Kier alpha value is -3.02. The molecule has 140 valence electrons. The maximum Gasteiger partial charge on any atom is 0.270 e. The molecule has 0 bridgehead atoms. The lowest BCUT2D eigenvalue weighted by Crippen LogP contribution is -2.53. The third kappa shape index (κ3) is 3.12. The maximum absolute atomic E-state index is 12.9. The largest absolute Gasteiger partial charge is 0.490 e. The summed E-state index contributed by atoms with van der Waals surface area (Å²) in [5, 5.41) is 0. The molecule has 0 unspecified atom stereocenters. The van der Waals surface area contributed by atoms with Crippen LogP contribution >= 0.6 is 0 Å². The number of fused-ring (bicyclic) bond motifs is 2. The predicted octanol–water partition coefficient (Wildman–Crippen LogP) is 3.01. The molecule has 0 radical (unpaired) electrons. The van der Waals surface area contributed by atoms with Gasteiger partial charge in [-0.2, -0.15) is 0 Å². The van der Waals surface area contributed by atoms with E-state index in [0.717, 1.165) is 5.69 Å². The van der Waals surface area contributed by atoms with Crippen molar-refractivity contribution in [3.05, 3.63) is 48.5 Å². The van der Waals surface area contributed by atoms with Crippen molar-refractivity contribution in [1.82, 2.24) is 0 Å². The smallest absolute Gasteiger partial charge is 0.270 e. The number of para-hydroxylation sites is 4. The third-order valence-electron chi connectivity index (χ3n) is 4.86. The Labute approximate surface area is 158 Å². The molecule has 0 atom stereocenters. The van der Waals surface area contributed by atoms with E-state index in [4.69, 9.17) is 9.47 Å². The van der Waals surface area contributed by atoms with E-state index in [-0.39, 0.29) is 18.2 Å². The van der Waals surface area contributed by atoms with Gasteiger partial charge in [0, 0.05) is 13.0 Å². The number of carbonyl (C=O) groups excluding carboxylic acids is 2. The number of amides is 2. The number of anilines is 2. The molecular weight excluding hydrogens is 344 g/mol. The number of hydrogen-bond donors (Lipinski definition) is 0. The highest BCUT2D eigenvalue weighted by Crippen LogP contribution is 2.37. The Morgan fingerprint density at radius 1 is 1.04 bits per heavy atom. The zero-order chi connectivity index (χ0) is 19.0. The van der Waals surface area contributed by atoms with Gasteiger partial charge in [0.2, 0.25) is 5.91 Å². The second-order valence-electron chi connectivity index (χ2n) is 7.15. The van der Waals surface area contributed by atoms with Gasteiger partial charge in [0.05, 0.1) is 17.9 Å². The maximum atomic E-state index is 12.9. The van der Waals surface area contributed by atoms with Crippen molar-refractivity contribution in [3.8, 4) is 11.5 Å². The van der Waals surface area contributed by atoms with Gasteiger partial charge in [-0.1, -0.05) is 24.3 Å². The van der Waals surface area contributed by atoms with Gasteiger partial charge in [-0.05, 0) is 38.1 Å². The van der Waals surface area contributed by atoms with E-state index in [1.807, 2.05) is 48.5 Å². The zero-order valence-corrected chi connectivity index (χ0v) is 15.5. The van der Waals surface area contributed by atoms with Crippen molar-refractivity contribution in [2.24, 2.45) is 0 Å². The summed E-state index contributed by atoms with van der Waals surface area (Å²) in [6, 6.07) is 14.9. The normalized spacial score (nSPS) is 17.5. The van der Waals surface area contributed by atoms with Gasteiger partial charge < -0.3 is 19.3 Å². The van der Waals surface area contributed by atoms with Crippen molar-refractivity contribution in [2.45, 2.75) is 25.9 Å². The summed E-state index contributed by atoms with van der Waals surface area (Å²) in [4.78, 5) is 29.1. The number of nitrogens with zero attached hydrogens (tertiary/aromatic N) is 2. The first kappa shape index (κ1) is 17.4. The quantitative estimate of drug-likeness (QED) is 0.838. The summed E-state index contributed by atoms with van der Waals surface area (Å²) < 4.78 is 11.4. The van der Waals surface area contributed by atoms with Crippen LogP contribution in [0.2, 0.25) is 0 Å². The molecule has 6 heteroatoms. The molecule has 0 fully saturated rings. The molecule has 0 saturated heterocycles. The molecule has 2 aromatic rings. The van der Waals surface area contributed by atoms with Crippen LogP contribution in [0.15, 0.2) is 48.5 Å². The topological polar surface area (TPSA) is 59.1 Å². The number of carbonyl (C=O) groups is 2. The summed E-state index contributed by atoms with van der Waals surface area (Å²) >= 11 is 0. The minimum absolute atomic E-state index is 0.0275. The van der Waals surface area contributed by atoms with Crippen molar-refractivity contribution in [1.29, 1.82) is 0 Å². The second kappa shape index (κ2) is 6.61. The monoisotopic (exact) mass is 366 g/mol. The Balaban J connectivity index is 1.53. The fourth-order valence-electron chi connectivity index (χ4n) is 3.51. The van der Waals surface area contributed by atoms with E-state index in [1.165, 1.54) is 0 Å². The highest BCUT2D eigenvalue weighted by atomic mass is 16.5. The molecule has 2 amide bonds. The summed E-state index contributed by atoms with van der Waals surface area (Å²) in [6.07, 6.45) is 0.227. The first-order valence-electron chi connectivity index (χ1n) is 9.09. The van der Waals surface area contributed by atoms with Crippen LogP contribution in [-0.2, 0) is 9.59 Å². The Kier molecular flexibility index (Phi) is 4.26. The van der Waals surface area contributed by atoms with Crippen LogP contribution < -0.4 is 19.3 Å². The lowest BCUT2D eigenvalue weighted by molar-refractivity contribution is -0.132. The van der Waals surface area contributed by atoms with Gasteiger partial charge in [0.15, 0.2) is 5.60 Å². The fraction of sp³-hybridized carbons (Fsp3) is 0.333. The summed E-state index contributed by atoms with van der Waals surface area (Å²) in [5.74, 6) is 1.20. The minimum Gasteiger partial charge on any atom is -0.490 e. The number of ether oxygens (including phenoxy) is 2. The van der Waals surface area contributed by atoms with E-state index in [0.29, 0.717) is 36.9 Å². The van der Waals surface area contributed by atoms with Crippen molar-refractivity contribution in [2.75, 3.05) is 29.5 Å². The summed E-state index contributed by atoms with van der Waals surface area (Å²) in [6.45, 7) is 4.78. The van der Waals surface area contributed by atoms with Crippen molar-refractivity contribution in [3.63, 3.8) is 0 Å². The SMILES string of the molecule is CC1(C)Oc2ccccc2N(CCC(=O)N2CCOc3ccccc32)C1=O. The van der Waals surface area contributed by atoms with Crippen LogP contribution in [0.25, 0.3) is 0 Å². The number of hydrogen-bond acceptors (Lipinski definition) is 4. The van der Waals surface area contributed by atoms with Crippen molar-refractivity contribution >= 4 is 23.2 Å². The molecule has 0 spiro atoms. The van der Waals surface area contributed by atoms with E-state index >= 15 is 0 Å². The molecule has 2 aromatic carbocycles. The minimum atomic E-state index is -0.955. The van der Waals surface area contributed by atoms with Crippen LogP contribution in [0.1, 0.15) is 20.3 Å². The van der Waals surface area contributed by atoms with E-state index < -0.39 is 5.60 Å². The zero-order valence-electron chi connectivity index (χ0n) is 15.5. The van der Waals surface area contributed by atoms with Crippen molar-refractivity contribution < 1.29 is 19.1 Å². The van der Waals surface area contributed by atoms with Gasteiger partial charge in [-0.15, -0.1) is 0 Å². The average Bonchev–Trinajstić information content (AvgIpc) is 2.67. The third-order valence-corrected chi connectivity index (χ3v) is 4.86. The molecule has 4 rings (SSSR count). The van der Waals surface area contributed by atoms with Crippen LogP contribution in [0, 0.1) is 0 Å². The molecule has 27 heavy (non-hydrogen) atoms. The first-order valence-corrected chi connectivity index (χ1v) is 9.09. The lowest BCUT2D eigenvalue weighted by Gasteiger charge is -2.39. The molecule has 0 saturated carbocycles. The highest BCUT2D eigenvalue weighted by molar-refractivity contribution is 6.03. The average molecular weight is 366 g/mol. The fourth-order valence-corrected chi connectivity index (χ4v) is 3.51. The number of rotatable bonds is 3. The first-order chi connectivity index (χ1) is 13.0. The lowest BCUT2D eigenvalue weighted by atomic mass is 10.0. The van der Waals surface area contributed by atoms with Gasteiger partial charge in [-0.3, -0.25) is 9.59 Å². The Morgan fingerprint density at radius 3 is 2.48 bits per heavy atom. The standard InChI is InChI=1S/C21H22N2O4/c1-21(2)20(25)23(16-8-4-6-10-18(16)27-21)12-11-19(24)22-13-14-26-17-9-5-3-7-15(17)22/h3-10H,11-14H2,1-2H3.